The average molecular weight is 411 g/mol. The van der Waals surface area contributed by atoms with Crippen LogP contribution in [0, 0.1) is 0 Å². The molecule has 28 heavy (non-hydrogen) atoms. The van der Waals surface area contributed by atoms with Crippen LogP contribution < -0.4 is 14.8 Å². The van der Waals surface area contributed by atoms with Crippen LogP contribution >= 0.6 is 11.8 Å². The van der Waals surface area contributed by atoms with Crippen LogP contribution in [0.1, 0.15) is 17.3 Å². The Labute approximate surface area is 165 Å². The van der Waals surface area contributed by atoms with E-state index in [9.17, 15) is 18.4 Å². The predicted octanol–water partition coefficient (Wildman–Crippen LogP) is 4.20. The lowest BCUT2D eigenvalue weighted by atomic mass is 10.2. The van der Waals surface area contributed by atoms with Crippen molar-refractivity contribution in [2.75, 3.05) is 19.5 Å². The van der Waals surface area contributed by atoms with E-state index in [1.165, 1.54) is 45.4 Å². The number of anilines is 1. The highest BCUT2D eigenvalue weighted by atomic mass is 32.2. The third-order valence-electron chi connectivity index (χ3n) is 3.62. The molecular formula is C19H19F2NO5S. The van der Waals surface area contributed by atoms with Gasteiger partial charge in [-0.15, -0.1) is 0 Å². The standard InChI is InChI=1S/C19H19F2NO5S/c1-11(17(23)22-13-6-9-15(25-2)16(10-13)26-3)27-18(24)12-4-7-14(8-5-12)28-19(20)21/h4-11,19H,1-3H3,(H,22,23)/t11-/m0/s1. The predicted molar refractivity (Wildman–Crippen MR) is 101 cm³/mol. The Hall–Kier alpha value is -2.81. The molecule has 2 rings (SSSR count). The number of esters is 1. The van der Waals surface area contributed by atoms with Crippen LogP contribution in [-0.4, -0.2) is 38.0 Å². The number of carbonyl (C=O) groups is 2. The minimum absolute atomic E-state index is 0.157. The van der Waals surface area contributed by atoms with Crippen LogP contribution in [0.4, 0.5) is 14.5 Å². The second-order valence-electron chi connectivity index (χ2n) is 5.51. The molecule has 0 aliphatic carbocycles. The maximum absolute atomic E-state index is 12.3. The monoisotopic (exact) mass is 411 g/mol. The smallest absolute Gasteiger partial charge is 0.338 e. The first kappa shape index (κ1) is 21.5. The molecule has 1 atom stereocenters. The van der Waals surface area contributed by atoms with Gasteiger partial charge in [0.15, 0.2) is 17.6 Å². The number of halogens is 2. The topological polar surface area (TPSA) is 73.9 Å². The van der Waals surface area contributed by atoms with Crippen LogP contribution in [0.5, 0.6) is 11.5 Å². The summed E-state index contributed by atoms with van der Waals surface area (Å²) in [6, 6.07) is 10.3. The number of hydrogen-bond donors (Lipinski definition) is 1. The van der Waals surface area contributed by atoms with Crippen molar-refractivity contribution in [3.63, 3.8) is 0 Å². The Balaban J connectivity index is 1.97. The van der Waals surface area contributed by atoms with E-state index in [4.69, 9.17) is 14.2 Å². The summed E-state index contributed by atoms with van der Waals surface area (Å²) in [5, 5.41) is 2.62. The fourth-order valence-electron chi connectivity index (χ4n) is 2.21. The van der Waals surface area contributed by atoms with Crippen molar-refractivity contribution in [2.24, 2.45) is 0 Å². The lowest BCUT2D eigenvalue weighted by molar-refractivity contribution is -0.123. The van der Waals surface area contributed by atoms with Crippen molar-refractivity contribution >= 4 is 29.3 Å². The minimum atomic E-state index is -2.54. The summed E-state index contributed by atoms with van der Waals surface area (Å²) in [5.74, 6) is -2.87. The highest BCUT2D eigenvalue weighted by Crippen LogP contribution is 2.30. The van der Waals surface area contributed by atoms with Crippen LogP contribution in [0.15, 0.2) is 47.4 Å². The number of ether oxygens (including phenoxy) is 3. The van der Waals surface area contributed by atoms with Crippen molar-refractivity contribution in [2.45, 2.75) is 23.7 Å². The molecule has 150 valence electrons. The molecule has 0 bridgehead atoms. The molecule has 0 spiro atoms. The highest BCUT2D eigenvalue weighted by molar-refractivity contribution is 7.99. The summed E-state index contributed by atoms with van der Waals surface area (Å²) in [7, 11) is 2.97. The van der Waals surface area contributed by atoms with Gasteiger partial charge in [0.25, 0.3) is 11.7 Å². The van der Waals surface area contributed by atoms with E-state index in [1.54, 1.807) is 18.2 Å². The van der Waals surface area contributed by atoms with Gasteiger partial charge in [0.05, 0.1) is 19.8 Å². The number of carbonyl (C=O) groups excluding carboxylic acids is 2. The van der Waals surface area contributed by atoms with Crippen molar-refractivity contribution in [3.05, 3.63) is 48.0 Å². The molecule has 9 heteroatoms. The number of thioether (sulfide) groups is 1. The van der Waals surface area contributed by atoms with E-state index in [-0.39, 0.29) is 5.56 Å². The normalized spacial score (nSPS) is 11.6. The van der Waals surface area contributed by atoms with Crippen LogP contribution in [0.25, 0.3) is 0 Å². The average Bonchev–Trinajstić information content (AvgIpc) is 2.67. The number of hydrogen-bond acceptors (Lipinski definition) is 6. The largest absolute Gasteiger partial charge is 0.493 e. The molecule has 0 aromatic heterocycles. The molecule has 1 amide bonds. The Bertz CT molecular complexity index is 830. The lowest BCUT2D eigenvalue weighted by Crippen LogP contribution is -2.30. The quantitative estimate of drug-likeness (QED) is 0.518. The first-order chi connectivity index (χ1) is 13.3. The zero-order valence-corrected chi connectivity index (χ0v) is 16.2. The van der Waals surface area contributed by atoms with E-state index in [0.717, 1.165) is 0 Å². The van der Waals surface area contributed by atoms with E-state index < -0.39 is 23.7 Å². The fourth-order valence-corrected chi connectivity index (χ4v) is 2.71. The summed E-state index contributed by atoms with van der Waals surface area (Å²) in [4.78, 5) is 24.7. The van der Waals surface area contributed by atoms with E-state index in [2.05, 4.69) is 5.32 Å². The zero-order valence-electron chi connectivity index (χ0n) is 15.4. The number of amides is 1. The molecule has 1 N–H and O–H groups in total. The third-order valence-corrected chi connectivity index (χ3v) is 4.34. The molecule has 2 aromatic carbocycles. The molecular weight excluding hydrogens is 392 g/mol. The van der Waals surface area contributed by atoms with Crippen LogP contribution in [0.2, 0.25) is 0 Å². The van der Waals surface area contributed by atoms with E-state index in [1.807, 2.05) is 0 Å². The van der Waals surface area contributed by atoms with Crippen molar-refractivity contribution < 1.29 is 32.6 Å². The Kier molecular flexibility index (Phi) is 7.62. The van der Waals surface area contributed by atoms with Crippen molar-refractivity contribution in [1.82, 2.24) is 0 Å². The van der Waals surface area contributed by atoms with Gasteiger partial charge in [0, 0.05) is 16.6 Å². The summed E-state index contributed by atoms with van der Waals surface area (Å²) in [5.41, 5.74) is 0.600. The van der Waals surface area contributed by atoms with Gasteiger partial charge < -0.3 is 19.5 Å². The van der Waals surface area contributed by atoms with Crippen molar-refractivity contribution in [3.8, 4) is 11.5 Å². The van der Waals surface area contributed by atoms with Gasteiger partial charge in [-0.2, -0.15) is 8.78 Å². The molecule has 6 nitrogen and oxygen atoms in total. The second-order valence-corrected chi connectivity index (χ2v) is 6.57. The van der Waals surface area contributed by atoms with Gasteiger partial charge in [-0.1, -0.05) is 11.8 Å². The summed E-state index contributed by atoms with van der Waals surface area (Å²) in [6.45, 7) is 1.43. The molecule has 2 aromatic rings. The van der Waals surface area contributed by atoms with Crippen LogP contribution in [-0.2, 0) is 9.53 Å². The number of rotatable bonds is 8. The fraction of sp³-hybridized carbons (Fsp3) is 0.263. The van der Waals surface area contributed by atoms with Crippen molar-refractivity contribution in [1.29, 1.82) is 0 Å². The first-order valence-electron chi connectivity index (χ1n) is 8.12. The Morgan fingerprint density at radius 2 is 1.64 bits per heavy atom. The lowest BCUT2D eigenvalue weighted by Gasteiger charge is -2.15. The van der Waals surface area contributed by atoms with Gasteiger partial charge in [0.2, 0.25) is 0 Å². The van der Waals surface area contributed by atoms with Gasteiger partial charge in [-0.05, 0) is 43.3 Å². The summed E-state index contributed by atoms with van der Waals surface area (Å²) in [6.07, 6.45) is -1.07. The number of benzene rings is 2. The number of nitrogens with one attached hydrogen (secondary N) is 1. The second kappa shape index (κ2) is 9.93. The molecule has 0 fully saturated rings. The van der Waals surface area contributed by atoms with Crippen LogP contribution in [0.3, 0.4) is 0 Å². The SMILES string of the molecule is COc1ccc(NC(=O)[C@H](C)OC(=O)c2ccc(SC(F)F)cc2)cc1OC. The summed E-state index contributed by atoms with van der Waals surface area (Å²) >= 11 is 0.376. The van der Waals surface area contributed by atoms with Gasteiger partial charge in [-0.25, -0.2) is 4.79 Å². The maximum atomic E-state index is 12.3. The Morgan fingerprint density at radius 3 is 2.21 bits per heavy atom. The molecule has 0 saturated carbocycles. The van der Waals surface area contributed by atoms with E-state index in [0.29, 0.717) is 33.8 Å². The molecule has 0 aliphatic rings. The van der Waals surface area contributed by atoms with E-state index >= 15 is 0 Å². The zero-order chi connectivity index (χ0) is 20.7. The maximum Gasteiger partial charge on any atom is 0.338 e. The molecule has 0 radical (unpaired) electrons. The minimum Gasteiger partial charge on any atom is -0.493 e. The molecule has 0 saturated heterocycles. The van der Waals surface area contributed by atoms with Gasteiger partial charge in [-0.3, -0.25) is 4.79 Å². The third kappa shape index (κ3) is 5.85. The number of alkyl halides is 2. The molecule has 0 aliphatic heterocycles. The first-order valence-corrected chi connectivity index (χ1v) is 9.00. The molecule has 0 heterocycles. The molecule has 0 unspecified atom stereocenters. The highest BCUT2D eigenvalue weighted by Gasteiger charge is 2.20. The Morgan fingerprint density at radius 1 is 1.00 bits per heavy atom. The van der Waals surface area contributed by atoms with Gasteiger partial charge in [0.1, 0.15) is 0 Å². The number of methoxy groups -OCH3 is 2. The van der Waals surface area contributed by atoms with Gasteiger partial charge >= 0.3 is 5.97 Å². The summed E-state index contributed by atoms with van der Waals surface area (Å²) < 4.78 is 40.1.